The number of ether oxygens (including phenoxy) is 3. The van der Waals surface area contributed by atoms with Gasteiger partial charge in [-0.3, -0.25) is 14.5 Å². The van der Waals surface area contributed by atoms with E-state index in [0.717, 1.165) is 5.56 Å². The SMILES string of the molecule is COc1cc(OC)c(OC)cc1CNC(=O)CN1CCN(c2ccc(C(C)=O)cc2F)CC1. The fourth-order valence-corrected chi connectivity index (χ4v) is 3.81. The number of carbonyl (C=O) groups is 2. The molecule has 9 heteroatoms. The summed E-state index contributed by atoms with van der Waals surface area (Å²) in [5.41, 5.74) is 1.61. The number of piperazine rings is 1. The van der Waals surface area contributed by atoms with E-state index in [1.807, 2.05) is 9.80 Å². The van der Waals surface area contributed by atoms with Gasteiger partial charge in [-0.1, -0.05) is 0 Å². The highest BCUT2D eigenvalue weighted by molar-refractivity contribution is 5.94. The summed E-state index contributed by atoms with van der Waals surface area (Å²) in [5.74, 6) is 1.02. The van der Waals surface area contributed by atoms with Gasteiger partial charge in [0.25, 0.3) is 0 Å². The molecule has 0 unspecified atom stereocenters. The van der Waals surface area contributed by atoms with Crippen LogP contribution in [0.3, 0.4) is 0 Å². The molecule has 0 radical (unpaired) electrons. The second-order valence-electron chi connectivity index (χ2n) is 7.78. The van der Waals surface area contributed by atoms with Crippen molar-refractivity contribution in [3.8, 4) is 17.2 Å². The molecule has 1 fully saturated rings. The topological polar surface area (TPSA) is 80.3 Å². The number of carbonyl (C=O) groups excluding carboxylic acids is 2. The standard InChI is InChI=1S/C24H30FN3O5/c1-16(29)17-5-6-20(19(25)11-17)28-9-7-27(8-10-28)15-24(30)26-14-18-12-22(32-3)23(33-4)13-21(18)31-2/h5-6,11-13H,7-10,14-15H2,1-4H3,(H,26,30). The van der Waals surface area contributed by atoms with Crippen LogP contribution in [0, 0.1) is 5.82 Å². The molecule has 1 aliphatic rings. The molecule has 1 aliphatic heterocycles. The molecule has 0 saturated carbocycles. The van der Waals surface area contributed by atoms with Crippen LogP contribution in [0.1, 0.15) is 22.8 Å². The number of amides is 1. The van der Waals surface area contributed by atoms with Crippen LogP contribution in [0.2, 0.25) is 0 Å². The Morgan fingerprint density at radius 3 is 2.15 bits per heavy atom. The molecule has 1 heterocycles. The number of halogens is 1. The summed E-state index contributed by atoms with van der Waals surface area (Å²) in [4.78, 5) is 27.9. The number of Topliss-reactive ketones (excluding diaryl/α,β-unsaturated/α-hetero) is 1. The van der Waals surface area contributed by atoms with E-state index in [4.69, 9.17) is 14.2 Å². The minimum absolute atomic E-state index is 0.114. The van der Waals surface area contributed by atoms with Crippen molar-refractivity contribution in [3.63, 3.8) is 0 Å². The maximum Gasteiger partial charge on any atom is 0.234 e. The third-order valence-corrected chi connectivity index (χ3v) is 5.70. The Morgan fingerprint density at radius 1 is 0.939 bits per heavy atom. The highest BCUT2D eigenvalue weighted by Gasteiger charge is 2.22. The highest BCUT2D eigenvalue weighted by Crippen LogP contribution is 2.34. The van der Waals surface area contributed by atoms with E-state index < -0.39 is 5.82 Å². The van der Waals surface area contributed by atoms with Crippen LogP contribution < -0.4 is 24.4 Å². The maximum absolute atomic E-state index is 14.4. The third-order valence-electron chi connectivity index (χ3n) is 5.70. The van der Waals surface area contributed by atoms with Crippen molar-refractivity contribution in [1.82, 2.24) is 10.2 Å². The summed E-state index contributed by atoms with van der Waals surface area (Å²) >= 11 is 0. The second kappa shape index (κ2) is 11.0. The van der Waals surface area contributed by atoms with Crippen LogP contribution in [0.4, 0.5) is 10.1 Å². The molecular formula is C24H30FN3O5. The normalized spacial score (nSPS) is 14.0. The van der Waals surface area contributed by atoms with Crippen LogP contribution in [-0.2, 0) is 11.3 Å². The van der Waals surface area contributed by atoms with Crippen molar-refractivity contribution >= 4 is 17.4 Å². The summed E-state index contributed by atoms with van der Waals surface area (Å²) in [5, 5.41) is 2.92. The first kappa shape index (κ1) is 24.3. The van der Waals surface area contributed by atoms with E-state index >= 15 is 0 Å². The zero-order chi connectivity index (χ0) is 24.0. The number of nitrogens with zero attached hydrogens (tertiary/aromatic N) is 2. The lowest BCUT2D eigenvalue weighted by atomic mass is 10.1. The molecule has 178 valence electrons. The quantitative estimate of drug-likeness (QED) is 0.577. The average Bonchev–Trinajstić information content (AvgIpc) is 2.82. The average molecular weight is 460 g/mol. The number of ketones is 1. The Morgan fingerprint density at radius 2 is 1.58 bits per heavy atom. The summed E-state index contributed by atoms with van der Waals surface area (Å²) in [7, 11) is 4.66. The zero-order valence-electron chi connectivity index (χ0n) is 19.4. The maximum atomic E-state index is 14.4. The van der Waals surface area contributed by atoms with E-state index in [1.165, 1.54) is 13.0 Å². The van der Waals surface area contributed by atoms with E-state index in [2.05, 4.69) is 5.32 Å². The predicted molar refractivity (Wildman–Crippen MR) is 123 cm³/mol. The minimum atomic E-state index is -0.405. The summed E-state index contributed by atoms with van der Waals surface area (Å²) < 4.78 is 30.4. The van der Waals surface area contributed by atoms with Gasteiger partial charge in [0.05, 0.1) is 33.6 Å². The van der Waals surface area contributed by atoms with Crippen molar-refractivity contribution in [2.24, 2.45) is 0 Å². The first-order chi connectivity index (χ1) is 15.9. The van der Waals surface area contributed by atoms with Gasteiger partial charge in [-0.2, -0.15) is 0 Å². The van der Waals surface area contributed by atoms with Crippen molar-refractivity contribution in [1.29, 1.82) is 0 Å². The number of hydrogen-bond acceptors (Lipinski definition) is 7. The van der Waals surface area contributed by atoms with Crippen molar-refractivity contribution in [2.45, 2.75) is 13.5 Å². The highest BCUT2D eigenvalue weighted by atomic mass is 19.1. The Labute approximate surface area is 193 Å². The number of methoxy groups -OCH3 is 3. The van der Waals surface area contributed by atoms with Gasteiger partial charge < -0.3 is 24.4 Å². The van der Waals surface area contributed by atoms with Crippen LogP contribution in [0.25, 0.3) is 0 Å². The molecule has 1 amide bonds. The fraction of sp³-hybridized carbons (Fsp3) is 0.417. The second-order valence-corrected chi connectivity index (χ2v) is 7.78. The summed E-state index contributed by atoms with van der Waals surface area (Å²) in [6.07, 6.45) is 0. The van der Waals surface area contributed by atoms with E-state index in [9.17, 15) is 14.0 Å². The molecule has 0 spiro atoms. The van der Waals surface area contributed by atoms with E-state index in [-0.39, 0.29) is 24.8 Å². The lowest BCUT2D eigenvalue weighted by molar-refractivity contribution is -0.122. The number of anilines is 1. The smallest absolute Gasteiger partial charge is 0.234 e. The molecule has 33 heavy (non-hydrogen) atoms. The summed E-state index contributed by atoms with van der Waals surface area (Å²) in [6.45, 7) is 4.38. The number of benzene rings is 2. The fourth-order valence-electron chi connectivity index (χ4n) is 3.81. The molecule has 1 N–H and O–H groups in total. The minimum Gasteiger partial charge on any atom is -0.496 e. The molecule has 3 rings (SSSR count). The van der Waals surface area contributed by atoms with Gasteiger partial charge in [0.15, 0.2) is 17.3 Å². The molecule has 2 aromatic rings. The molecule has 2 aromatic carbocycles. The Hall–Kier alpha value is -3.33. The Balaban J connectivity index is 1.52. The monoisotopic (exact) mass is 459 g/mol. The Kier molecular flexibility index (Phi) is 8.11. The molecule has 0 bridgehead atoms. The number of nitrogens with one attached hydrogen (secondary N) is 1. The first-order valence-corrected chi connectivity index (χ1v) is 10.7. The van der Waals surface area contributed by atoms with E-state index in [1.54, 1.807) is 45.6 Å². The summed E-state index contributed by atoms with van der Waals surface area (Å²) in [6, 6.07) is 8.07. The molecular weight excluding hydrogens is 429 g/mol. The predicted octanol–water partition coefficient (Wildman–Crippen LogP) is 2.49. The van der Waals surface area contributed by atoms with Crippen molar-refractivity contribution in [3.05, 3.63) is 47.3 Å². The largest absolute Gasteiger partial charge is 0.496 e. The first-order valence-electron chi connectivity index (χ1n) is 10.7. The van der Waals surface area contributed by atoms with Gasteiger partial charge in [-0.25, -0.2) is 4.39 Å². The molecule has 8 nitrogen and oxygen atoms in total. The van der Waals surface area contributed by atoms with Crippen LogP contribution >= 0.6 is 0 Å². The molecule has 0 aromatic heterocycles. The van der Waals surface area contributed by atoms with Crippen LogP contribution in [-0.4, -0.2) is 70.6 Å². The van der Waals surface area contributed by atoms with Gasteiger partial charge in [0.1, 0.15) is 11.6 Å². The lowest BCUT2D eigenvalue weighted by Crippen LogP contribution is -2.49. The lowest BCUT2D eigenvalue weighted by Gasteiger charge is -2.35. The van der Waals surface area contributed by atoms with E-state index in [0.29, 0.717) is 54.7 Å². The molecule has 0 aliphatic carbocycles. The number of hydrogen-bond donors (Lipinski definition) is 1. The van der Waals surface area contributed by atoms with Crippen LogP contribution in [0.5, 0.6) is 17.2 Å². The number of rotatable bonds is 9. The van der Waals surface area contributed by atoms with Crippen LogP contribution in [0.15, 0.2) is 30.3 Å². The van der Waals surface area contributed by atoms with Gasteiger partial charge in [0, 0.05) is 49.9 Å². The van der Waals surface area contributed by atoms with Crippen molar-refractivity contribution in [2.75, 3.05) is 59.0 Å². The zero-order valence-corrected chi connectivity index (χ0v) is 19.4. The van der Waals surface area contributed by atoms with Gasteiger partial charge >= 0.3 is 0 Å². The molecule has 0 atom stereocenters. The van der Waals surface area contributed by atoms with Gasteiger partial charge in [-0.15, -0.1) is 0 Å². The Bertz CT molecular complexity index is 1010. The van der Waals surface area contributed by atoms with Gasteiger partial charge in [-0.05, 0) is 31.2 Å². The van der Waals surface area contributed by atoms with Gasteiger partial charge in [0.2, 0.25) is 5.91 Å². The third kappa shape index (κ3) is 5.92. The molecule has 1 saturated heterocycles. The van der Waals surface area contributed by atoms with Crippen molar-refractivity contribution < 1.29 is 28.2 Å².